The molecule has 2 heterocycles. The van der Waals surface area contributed by atoms with Crippen molar-refractivity contribution in [2.24, 2.45) is 0 Å². The van der Waals surface area contributed by atoms with Crippen molar-refractivity contribution in [2.75, 3.05) is 18.4 Å². The lowest BCUT2D eigenvalue weighted by Gasteiger charge is -2.34. The number of nitrogens with one attached hydrogen (secondary N) is 1. The number of hydrogen-bond donors (Lipinski definition) is 1. The molecule has 174 valence electrons. The van der Waals surface area contributed by atoms with Crippen molar-refractivity contribution >= 4 is 17.7 Å². The van der Waals surface area contributed by atoms with Crippen LogP contribution in [0.25, 0.3) is 0 Å². The molecule has 0 radical (unpaired) electrons. The smallest absolute Gasteiger partial charge is 0.410 e. The maximum absolute atomic E-state index is 13.8. The Morgan fingerprint density at radius 2 is 1.71 bits per heavy atom. The molecule has 2 rings (SSSR count). The third-order valence-electron chi connectivity index (χ3n) is 4.35. The molecule has 1 fully saturated rings. The Bertz CT molecular complexity index is 780. The summed E-state index contributed by atoms with van der Waals surface area (Å²) in [5.74, 6) is -0.935. The first-order valence-electron chi connectivity index (χ1n) is 10.5. The normalized spacial score (nSPS) is 16.5. The number of carbonyl (C=O) groups is 2. The molecule has 1 aliphatic heterocycles. The average Bonchev–Trinajstić information content (AvgIpc) is 2.61. The van der Waals surface area contributed by atoms with E-state index in [4.69, 9.17) is 14.2 Å². The van der Waals surface area contributed by atoms with E-state index in [1.165, 1.54) is 6.07 Å². The molecule has 1 aromatic rings. The van der Waals surface area contributed by atoms with Gasteiger partial charge in [-0.15, -0.1) is 0 Å². The topological polar surface area (TPSA) is 90.0 Å². The van der Waals surface area contributed by atoms with Gasteiger partial charge in [-0.2, -0.15) is 0 Å². The Balaban J connectivity index is 1.99. The van der Waals surface area contributed by atoms with Crippen molar-refractivity contribution in [1.82, 2.24) is 9.88 Å². The van der Waals surface area contributed by atoms with Crippen LogP contribution in [0.5, 0.6) is 5.88 Å². The lowest BCUT2D eigenvalue weighted by molar-refractivity contribution is -0.162. The van der Waals surface area contributed by atoms with Crippen molar-refractivity contribution in [3.05, 3.63) is 18.1 Å². The summed E-state index contributed by atoms with van der Waals surface area (Å²) in [7, 11) is 0. The van der Waals surface area contributed by atoms with Crippen LogP contribution in [0.1, 0.15) is 61.3 Å². The molecule has 0 aromatic carbocycles. The minimum atomic E-state index is -0.910. The summed E-state index contributed by atoms with van der Waals surface area (Å²) in [4.78, 5) is 30.1. The zero-order valence-corrected chi connectivity index (χ0v) is 19.5. The first-order chi connectivity index (χ1) is 14.2. The Hall–Kier alpha value is -2.58. The Kier molecular flexibility index (Phi) is 7.72. The van der Waals surface area contributed by atoms with Crippen LogP contribution in [-0.2, 0) is 14.3 Å². The molecule has 0 saturated carbocycles. The van der Waals surface area contributed by atoms with Gasteiger partial charge in [-0.05, 0) is 61.3 Å². The van der Waals surface area contributed by atoms with Crippen LogP contribution in [-0.4, -0.2) is 58.4 Å². The fraction of sp³-hybridized carbons (Fsp3) is 0.682. The molecule has 1 saturated heterocycles. The van der Waals surface area contributed by atoms with Crippen molar-refractivity contribution in [2.45, 2.75) is 84.7 Å². The number of esters is 1. The molecule has 0 spiro atoms. The largest absolute Gasteiger partial charge is 0.461 e. The lowest BCUT2D eigenvalue weighted by Crippen LogP contribution is -2.44. The van der Waals surface area contributed by atoms with Gasteiger partial charge in [0.15, 0.2) is 6.10 Å². The molecule has 9 heteroatoms. The molecular formula is C22H34FN3O5. The van der Waals surface area contributed by atoms with Gasteiger partial charge >= 0.3 is 12.1 Å². The van der Waals surface area contributed by atoms with Crippen LogP contribution in [0.3, 0.4) is 0 Å². The third-order valence-corrected chi connectivity index (χ3v) is 4.35. The second kappa shape index (κ2) is 9.70. The number of piperidine rings is 1. The monoisotopic (exact) mass is 439 g/mol. The second-order valence-corrected chi connectivity index (χ2v) is 9.69. The number of nitrogens with zero attached hydrogens (tertiary/aromatic N) is 2. The first-order valence-corrected chi connectivity index (χ1v) is 10.5. The van der Waals surface area contributed by atoms with Crippen LogP contribution in [0.2, 0.25) is 0 Å². The molecule has 0 aliphatic carbocycles. The molecule has 1 amide bonds. The molecule has 1 aliphatic rings. The molecule has 31 heavy (non-hydrogen) atoms. The Labute approximate surface area is 183 Å². The first kappa shape index (κ1) is 24.7. The number of hydrogen-bond acceptors (Lipinski definition) is 7. The van der Waals surface area contributed by atoms with Crippen molar-refractivity contribution in [3.8, 4) is 5.88 Å². The van der Waals surface area contributed by atoms with E-state index in [0.29, 0.717) is 31.6 Å². The fourth-order valence-corrected chi connectivity index (χ4v) is 2.98. The van der Waals surface area contributed by atoms with E-state index in [0.717, 1.165) is 6.20 Å². The molecule has 1 N–H and O–H groups in total. The molecule has 8 nitrogen and oxygen atoms in total. The Morgan fingerprint density at radius 3 is 2.26 bits per heavy atom. The van der Waals surface area contributed by atoms with Gasteiger partial charge in [0, 0.05) is 25.2 Å². The quantitative estimate of drug-likeness (QED) is 0.690. The van der Waals surface area contributed by atoms with E-state index < -0.39 is 29.1 Å². The van der Waals surface area contributed by atoms with E-state index in [2.05, 4.69) is 10.3 Å². The highest BCUT2D eigenvalue weighted by atomic mass is 19.1. The third kappa shape index (κ3) is 8.22. The lowest BCUT2D eigenvalue weighted by atomic mass is 10.1. The van der Waals surface area contributed by atoms with E-state index in [9.17, 15) is 14.0 Å². The summed E-state index contributed by atoms with van der Waals surface area (Å²) in [5.41, 5.74) is -0.837. The highest BCUT2D eigenvalue weighted by molar-refractivity contribution is 5.75. The second-order valence-electron chi connectivity index (χ2n) is 9.69. The average molecular weight is 440 g/mol. The summed E-state index contributed by atoms with van der Waals surface area (Å²) in [6, 6.07) is 1.27. The zero-order chi connectivity index (χ0) is 23.4. The predicted molar refractivity (Wildman–Crippen MR) is 115 cm³/mol. The predicted octanol–water partition coefficient (Wildman–Crippen LogP) is 4.14. The van der Waals surface area contributed by atoms with Gasteiger partial charge < -0.3 is 24.4 Å². The van der Waals surface area contributed by atoms with Crippen LogP contribution >= 0.6 is 0 Å². The van der Waals surface area contributed by atoms with Crippen molar-refractivity contribution in [3.63, 3.8) is 0 Å². The number of pyridine rings is 1. The van der Waals surface area contributed by atoms with Crippen LogP contribution in [0.4, 0.5) is 14.9 Å². The minimum absolute atomic E-state index is 0.0125. The summed E-state index contributed by atoms with van der Waals surface area (Å²) in [6.07, 6.45) is 1.08. The highest BCUT2D eigenvalue weighted by Gasteiger charge is 2.28. The summed E-state index contributed by atoms with van der Waals surface area (Å²) in [6.45, 7) is 13.4. The number of amides is 1. The van der Waals surface area contributed by atoms with Crippen molar-refractivity contribution in [1.29, 1.82) is 0 Å². The van der Waals surface area contributed by atoms with Gasteiger partial charge in [0.25, 0.3) is 0 Å². The molecule has 1 atom stereocenters. The standard InChI is InChI=1S/C22H34FN3O5/c1-14(19(27)30-21(2,3)4)29-18-17(12-15(23)13-24-18)25-16-8-10-26(11-9-16)20(28)31-22(5,6)7/h12-14,16,25H,8-11H2,1-7H3/t14-/m0/s1. The minimum Gasteiger partial charge on any atom is -0.461 e. The SMILES string of the molecule is C[C@H](Oc1ncc(F)cc1NC1CCN(C(=O)OC(C)(C)C)CC1)C(=O)OC(C)(C)C. The maximum atomic E-state index is 13.8. The summed E-state index contributed by atoms with van der Waals surface area (Å²) < 4.78 is 30.2. The number of carbonyl (C=O) groups excluding carboxylic acids is 2. The van der Waals surface area contributed by atoms with Gasteiger partial charge in [0.05, 0.1) is 6.20 Å². The zero-order valence-electron chi connectivity index (χ0n) is 19.5. The molecule has 0 bridgehead atoms. The van der Waals surface area contributed by atoms with Crippen LogP contribution in [0.15, 0.2) is 12.3 Å². The van der Waals surface area contributed by atoms with E-state index in [1.54, 1.807) is 32.6 Å². The maximum Gasteiger partial charge on any atom is 0.410 e. The fourth-order valence-electron chi connectivity index (χ4n) is 2.98. The van der Waals surface area contributed by atoms with Gasteiger partial charge in [-0.1, -0.05) is 0 Å². The molecule has 0 unspecified atom stereocenters. The highest BCUT2D eigenvalue weighted by Crippen LogP contribution is 2.27. The van der Waals surface area contributed by atoms with Gasteiger partial charge in [0.2, 0.25) is 5.88 Å². The molecule has 1 aromatic heterocycles. The van der Waals surface area contributed by atoms with Crippen LogP contribution < -0.4 is 10.1 Å². The molecular weight excluding hydrogens is 405 g/mol. The summed E-state index contributed by atoms with van der Waals surface area (Å²) >= 11 is 0. The number of ether oxygens (including phenoxy) is 3. The number of likely N-dealkylation sites (tertiary alicyclic amines) is 1. The Morgan fingerprint density at radius 1 is 1.13 bits per heavy atom. The van der Waals surface area contributed by atoms with Gasteiger partial charge in [-0.25, -0.2) is 19.0 Å². The van der Waals surface area contributed by atoms with Crippen molar-refractivity contribution < 1.29 is 28.2 Å². The number of rotatable bonds is 5. The van der Waals surface area contributed by atoms with E-state index >= 15 is 0 Å². The van der Waals surface area contributed by atoms with Crippen LogP contribution in [0, 0.1) is 5.82 Å². The van der Waals surface area contributed by atoms with E-state index in [1.807, 2.05) is 20.8 Å². The number of aromatic nitrogens is 1. The van der Waals surface area contributed by atoms with Gasteiger partial charge in [0.1, 0.15) is 22.7 Å². The number of anilines is 1. The van der Waals surface area contributed by atoms with Gasteiger partial charge in [-0.3, -0.25) is 0 Å². The van der Waals surface area contributed by atoms with E-state index in [-0.39, 0.29) is 18.0 Å². The number of halogens is 1. The summed E-state index contributed by atoms with van der Waals surface area (Å²) in [5, 5.41) is 3.23.